The molecule has 0 bridgehead atoms. The first kappa shape index (κ1) is 16.4. The summed E-state index contributed by atoms with van der Waals surface area (Å²) in [5, 5.41) is 0. The molecule has 2 nitrogen and oxygen atoms in total. The molecule has 0 saturated heterocycles. The Balaban J connectivity index is 2.41. The van der Waals surface area contributed by atoms with Crippen LogP contribution in [0.3, 0.4) is 0 Å². The molecule has 0 aliphatic heterocycles. The molecule has 2 aromatic rings. The molecule has 2 heteroatoms. The summed E-state index contributed by atoms with van der Waals surface area (Å²) >= 11 is 0. The zero-order chi connectivity index (χ0) is 16.1. The van der Waals surface area contributed by atoms with E-state index < -0.39 is 0 Å². The molecule has 0 aliphatic carbocycles. The third-order valence-corrected chi connectivity index (χ3v) is 4.15. The molecule has 0 radical (unpaired) electrons. The van der Waals surface area contributed by atoms with Crippen molar-refractivity contribution in [3.05, 3.63) is 52.6 Å². The molecule has 0 spiro atoms. The summed E-state index contributed by atoms with van der Waals surface area (Å²) in [4.78, 5) is 0. The topological polar surface area (TPSA) is 35.2 Å². The fourth-order valence-corrected chi connectivity index (χ4v) is 2.65. The van der Waals surface area contributed by atoms with Gasteiger partial charge in [0.25, 0.3) is 0 Å². The molecule has 118 valence electrons. The van der Waals surface area contributed by atoms with Crippen molar-refractivity contribution in [2.24, 2.45) is 0 Å². The van der Waals surface area contributed by atoms with Crippen molar-refractivity contribution in [3.63, 3.8) is 0 Å². The van der Waals surface area contributed by atoms with E-state index in [9.17, 15) is 0 Å². The smallest absolute Gasteiger partial charge is 0.150 e. The van der Waals surface area contributed by atoms with Gasteiger partial charge in [0, 0.05) is 0 Å². The first-order chi connectivity index (χ1) is 10.6. The number of anilines is 1. The number of hydrogen-bond donors (Lipinski definition) is 1. The number of benzene rings is 2. The summed E-state index contributed by atoms with van der Waals surface area (Å²) in [6.45, 7) is 8.61. The van der Waals surface area contributed by atoms with Crippen LogP contribution in [0, 0.1) is 0 Å². The summed E-state index contributed by atoms with van der Waals surface area (Å²) in [6.07, 6.45) is 3.92. The minimum Gasteiger partial charge on any atom is -0.455 e. The maximum atomic E-state index is 6.28. The normalized spacial score (nSPS) is 10.7. The monoisotopic (exact) mass is 297 g/mol. The average molecular weight is 297 g/mol. The van der Waals surface area contributed by atoms with Crippen LogP contribution in [0.1, 0.15) is 49.9 Å². The fraction of sp³-hybridized carbons (Fsp3) is 0.400. The van der Waals surface area contributed by atoms with E-state index in [-0.39, 0.29) is 0 Å². The van der Waals surface area contributed by atoms with E-state index in [4.69, 9.17) is 10.5 Å². The van der Waals surface area contributed by atoms with Crippen LogP contribution in [-0.4, -0.2) is 0 Å². The lowest BCUT2D eigenvalue weighted by Crippen LogP contribution is -2.00. The van der Waals surface area contributed by atoms with Gasteiger partial charge < -0.3 is 10.5 Å². The summed E-state index contributed by atoms with van der Waals surface area (Å²) < 4.78 is 6.15. The van der Waals surface area contributed by atoms with Gasteiger partial charge in [-0.05, 0) is 66.1 Å². The third-order valence-electron chi connectivity index (χ3n) is 4.15. The van der Waals surface area contributed by atoms with Gasteiger partial charge in [0.05, 0.1) is 5.69 Å². The van der Waals surface area contributed by atoms with Gasteiger partial charge in [0.2, 0.25) is 0 Å². The van der Waals surface area contributed by atoms with Gasteiger partial charge in [-0.2, -0.15) is 0 Å². The van der Waals surface area contributed by atoms with Crippen LogP contribution in [0.2, 0.25) is 0 Å². The molecule has 22 heavy (non-hydrogen) atoms. The lowest BCUT2D eigenvalue weighted by molar-refractivity contribution is 0.482. The Bertz CT molecular complexity index is 624. The quantitative estimate of drug-likeness (QED) is 0.733. The Morgan fingerprint density at radius 3 is 1.77 bits per heavy atom. The van der Waals surface area contributed by atoms with Crippen molar-refractivity contribution in [1.82, 2.24) is 0 Å². The largest absolute Gasteiger partial charge is 0.455 e. The van der Waals surface area contributed by atoms with Gasteiger partial charge in [0.15, 0.2) is 5.75 Å². The van der Waals surface area contributed by atoms with E-state index in [1.165, 1.54) is 16.7 Å². The molecule has 2 N–H and O–H groups in total. The molecule has 2 rings (SSSR count). The molecule has 0 aliphatic rings. The van der Waals surface area contributed by atoms with Gasteiger partial charge in [-0.1, -0.05) is 39.8 Å². The first-order valence-electron chi connectivity index (χ1n) is 8.33. The summed E-state index contributed by atoms with van der Waals surface area (Å²) in [7, 11) is 0. The summed E-state index contributed by atoms with van der Waals surface area (Å²) in [6, 6.07) is 10.7. The second-order valence-electron chi connectivity index (χ2n) is 5.67. The van der Waals surface area contributed by atoms with Crippen LogP contribution in [0.4, 0.5) is 5.69 Å². The highest BCUT2D eigenvalue weighted by Gasteiger charge is 2.10. The van der Waals surface area contributed by atoms with Gasteiger partial charge >= 0.3 is 0 Å². The fourth-order valence-electron chi connectivity index (χ4n) is 2.65. The number of rotatable bonds is 6. The minimum atomic E-state index is 0.764. The number of hydrogen-bond acceptors (Lipinski definition) is 2. The highest BCUT2D eigenvalue weighted by atomic mass is 16.5. The van der Waals surface area contributed by atoms with Crippen molar-refractivity contribution in [3.8, 4) is 11.5 Å². The Labute approximate surface area is 134 Å². The van der Waals surface area contributed by atoms with Crippen molar-refractivity contribution in [2.45, 2.75) is 53.4 Å². The molecule has 0 aromatic heterocycles. The Kier molecular flexibility index (Phi) is 5.48. The highest BCUT2D eigenvalue weighted by molar-refractivity contribution is 5.61. The molecule has 2 aromatic carbocycles. The van der Waals surface area contributed by atoms with Crippen LogP contribution in [-0.2, 0) is 25.7 Å². The molecular weight excluding hydrogens is 270 g/mol. The van der Waals surface area contributed by atoms with E-state index >= 15 is 0 Å². The molecule has 0 heterocycles. The van der Waals surface area contributed by atoms with Crippen LogP contribution in [0.5, 0.6) is 11.5 Å². The number of aryl methyl sites for hydroxylation is 4. The predicted octanol–water partition coefficient (Wildman–Crippen LogP) is 5.31. The van der Waals surface area contributed by atoms with Gasteiger partial charge in [0.1, 0.15) is 5.75 Å². The molecular formula is C20H27NO. The molecule has 0 fully saturated rings. The average Bonchev–Trinajstić information content (AvgIpc) is 2.56. The van der Waals surface area contributed by atoms with Crippen LogP contribution in [0.15, 0.2) is 30.3 Å². The summed E-state index contributed by atoms with van der Waals surface area (Å²) in [5.74, 6) is 1.67. The molecule has 0 saturated carbocycles. The van der Waals surface area contributed by atoms with Gasteiger partial charge in [-0.25, -0.2) is 0 Å². The SMILES string of the molecule is CCc1cc(CC)cc(Oc2cc(CC)cc(CC)c2N)c1. The second kappa shape index (κ2) is 7.35. The van der Waals surface area contributed by atoms with Crippen molar-refractivity contribution >= 4 is 5.69 Å². The van der Waals surface area contributed by atoms with Crippen molar-refractivity contribution in [2.75, 3.05) is 5.73 Å². The molecule has 0 atom stereocenters. The lowest BCUT2D eigenvalue weighted by atomic mass is 10.0. The predicted molar refractivity (Wildman–Crippen MR) is 94.9 cm³/mol. The third kappa shape index (κ3) is 3.62. The lowest BCUT2D eigenvalue weighted by Gasteiger charge is -2.15. The zero-order valence-electron chi connectivity index (χ0n) is 14.2. The van der Waals surface area contributed by atoms with Gasteiger partial charge in [-0.15, -0.1) is 0 Å². The Morgan fingerprint density at radius 1 is 0.727 bits per heavy atom. The maximum absolute atomic E-state index is 6.28. The minimum absolute atomic E-state index is 0.764. The zero-order valence-corrected chi connectivity index (χ0v) is 14.2. The molecule has 0 unspecified atom stereocenters. The standard InChI is InChI=1S/C20H27NO/c1-5-14-9-15(6-2)12-18(11-14)22-19-13-16(7-3)10-17(8-4)20(19)21/h9-13H,5-8,21H2,1-4H3. The van der Waals surface area contributed by atoms with E-state index in [2.05, 4.69) is 58.0 Å². The van der Waals surface area contributed by atoms with Crippen molar-refractivity contribution < 1.29 is 4.74 Å². The summed E-state index contributed by atoms with van der Waals surface area (Å²) in [5.41, 5.74) is 12.1. The second-order valence-corrected chi connectivity index (χ2v) is 5.67. The van der Waals surface area contributed by atoms with E-state index in [0.29, 0.717) is 0 Å². The number of nitrogens with two attached hydrogens (primary N) is 1. The number of nitrogen functional groups attached to an aromatic ring is 1. The van der Waals surface area contributed by atoms with Crippen LogP contribution in [0.25, 0.3) is 0 Å². The van der Waals surface area contributed by atoms with E-state index in [0.717, 1.165) is 48.4 Å². The highest BCUT2D eigenvalue weighted by Crippen LogP contribution is 2.33. The Morgan fingerprint density at radius 2 is 1.27 bits per heavy atom. The number of ether oxygens (including phenoxy) is 1. The first-order valence-corrected chi connectivity index (χ1v) is 8.33. The maximum Gasteiger partial charge on any atom is 0.150 e. The van der Waals surface area contributed by atoms with Crippen molar-refractivity contribution in [1.29, 1.82) is 0 Å². The van der Waals surface area contributed by atoms with E-state index in [1.54, 1.807) is 0 Å². The Hall–Kier alpha value is -1.96. The van der Waals surface area contributed by atoms with Gasteiger partial charge in [-0.3, -0.25) is 0 Å². The van der Waals surface area contributed by atoms with Crippen LogP contribution >= 0.6 is 0 Å². The molecule has 0 amide bonds. The van der Waals surface area contributed by atoms with E-state index in [1.807, 2.05) is 0 Å². The van der Waals surface area contributed by atoms with Crippen LogP contribution < -0.4 is 10.5 Å².